The van der Waals surface area contributed by atoms with Gasteiger partial charge in [0, 0.05) is 18.1 Å². The summed E-state index contributed by atoms with van der Waals surface area (Å²) in [6, 6.07) is 4.92. The van der Waals surface area contributed by atoms with Crippen LogP contribution in [-0.4, -0.2) is 37.6 Å². The van der Waals surface area contributed by atoms with Crippen molar-refractivity contribution in [1.82, 2.24) is 10.2 Å². The first kappa shape index (κ1) is 15.4. The van der Waals surface area contributed by atoms with E-state index in [1.807, 2.05) is 11.9 Å². The minimum absolute atomic E-state index is 0.114. The van der Waals surface area contributed by atoms with Gasteiger partial charge in [-0.2, -0.15) is 0 Å². The summed E-state index contributed by atoms with van der Waals surface area (Å²) in [6.07, 6.45) is 2.05. The van der Waals surface area contributed by atoms with Crippen LogP contribution < -0.4 is 10.6 Å². The van der Waals surface area contributed by atoms with Gasteiger partial charge in [-0.3, -0.25) is 0 Å². The first-order valence-corrected chi connectivity index (χ1v) is 7.51. The summed E-state index contributed by atoms with van der Waals surface area (Å²) in [5.41, 5.74) is 0.557. The monoisotopic (exact) mass is 315 g/mol. The molecule has 1 fully saturated rings. The van der Waals surface area contributed by atoms with Gasteiger partial charge in [-0.1, -0.05) is 23.2 Å². The highest BCUT2D eigenvalue weighted by Gasteiger charge is 2.22. The second kappa shape index (κ2) is 7.16. The third kappa shape index (κ3) is 4.01. The molecular weight excluding hydrogens is 297 g/mol. The fraction of sp³-hybridized carbons (Fsp3) is 0.500. The van der Waals surface area contributed by atoms with Crippen molar-refractivity contribution in [3.05, 3.63) is 28.2 Å². The Bertz CT molecular complexity index is 473. The molecule has 1 saturated heterocycles. The second-order valence-corrected chi connectivity index (χ2v) is 5.89. The molecule has 6 heteroatoms. The van der Waals surface area contributed by atoms with Crippen molar-refractivity contribution < 1.29 is 4.79 Å². The van der Waals surface area contributed by atoms with Crippen molar-refractivity contribution in [2.24, 2.45) is 5.92 Å². The zero-order valence-electron chi connectivity index (χ0n) is 11.5. The Balaban J connectivity index is 1.91. The number of hydrogen-bond donors (Lipinski definition) is 2. The number of nitrogens with one attached hydrogen (secondary N) is 2. The van der Waals surface area contributed by atoms with Gasteiger partial charge in [-0.25, -0.2) is 4.79 Å². The van der Waals surface area contributed by atoms with Gasteiger partial charge in [0.2, 0.25) is 0 Å². The van der Waals surface area contributed by atoms with Crippen LogP contribution >= 0.6 is 23.2 Å². The number of carbonyl (C=O) groups is 1. The van der Waals surface area contributed by atoms with Crippen LogP contribution in [0.15, 0.2) is 18.2 Å². The molecule has 2 rings (SSSR count). The summed E-state index contributed by atoms with van der Waals surface area (Å²) in [4.78, 5) is 14.0. The molecule has 0 saturated carbocycles. The maximum atomic E-state index is 12.2. The Labute approximate surface area is 129 Å². The van der Waals surface area contributed by atoms with E-state index in [1.165, 1.54) is 0 Å². The van der Waals surface area contributed by atoms with Crippen molar-refractivity contribution in [1.29, 1.82) is 0 Å². The first-order chi connectivity index (χ1) is 9.60. The molecule has 20 heavy (non-hydrogen) atoms. The van der Waals surface area contributed by atoms with Gasteiger partial charge in [0.1, 0.15) is 0 Å². The molecule has 2 amide bonds. The fourth-order valence-corrected chi connectivity index (χ4v) is 2.75. The average Bonchev–Trinajstić information content (AvgIpc) is 2.44. The number of urea groups is 1. The number of anilines is 1. The molecule has 110 valence electrons. The number of piperidine rings is 1. The Morgan fingerprint density at radius 2 is 2.05 bits per heavy atom. The maximum absolute atomic E-state index is 12.2. The van der Waals surface area contributed by atoms with Crippen molar-refractivity contribution in [3.63, 3.8) is 0 Å². The standard InChI is InChI=1S/C14H19Cl2N3O/c1-17-9-10-4-6-19(7-5-10)14(20)18-13-8-11(15)2-3-12(13)16/h2-3,8,10,17H,4-7,9H2,1H3,(H,18,20). The summed E-state index contributed by atoms with van der Waals surface area (Å²) in [7, 11) is 1.96. The van der Waals surface area contributed by atoms with Crippen molar-refractivity contribution in [2.45, 2.75) is 12.8 Å². The molecular formula is C14H19Cl2N3O. The third-order valence-corrected chi connectivity index (χ3v) is 4.13. The van der Waals surface area contributed by atoms with Crippen LogP contribution in [0.2, 0.25) is 10.0 Å². The van der Waals surface area contributed by atoms with Gasteiger partial charge < -0.3 is 15.5 Å². The molecule has 1 aromatic carbocycles. The van der Waals surface area contributed by atoms with E-state index < -0.39 is 0 Å². The lowest BCUT2D eigenvalue weighted by molar-refractivity contribution is 0.182. The molecule has 1 aromatic rings. The molecule has 1 heterocycles. The Morgan fingerprint density at radius 3 is 2.70 bits per heavy atom. The minimum atomic E-state index is -0.114. The molecule has 0 radical (unpaired) electrons. The van der Waals surface area contributed by atoms with Gasteiger partial charge in [0.05, 0.1) is 10.7 Å². The van der Waals surface area contributed by atoms with E-state index in [0.29, 0.717) is 21.7 Å². The van der Waals surface area contributed by atoms with Crippen LogP contribution in [0.25, 0.3) is 0 Å². The third-order valence-electron chi connectivity index (χ3n) is 3.56. The summed E-state index contributed by atoms with van der Waals surface area (Å²) in [6.45, 7) is 2.56. The number of rotatable bonds is 3. The summed E-state index contributed by atoms with van der Waals surface area (Å²) < 4.78 is 0. The van der Waals surface area contributed by atoms with E-state index in [1.54, 1.807) is 18.2 Å². The molecule has 0 spiro atoms. The average molecular weight is 316 g/mol. The summed E-state index contributed by atoms with van der Waals surface area (Å²) in [5, 5.41) is 7.05. The number of amides is 2. The SMILES string of the molecule is CNCC1CCN(C(=O)Nc2cc(Cl)ccc2Cl)CC1. The van der Waals surface area contributed by atoms with E-state index in [9.17, 15) is 4.79 Å². The maximum Gasteiger partial charge on any atom is 0.321 e. The Kier molecular flexibility index (Phi) is 5.52. The van der Waals surface area contributed by atoms with Gasteiger partial charge in [-0.05, 0) is 50.6 Å². The highest BCUT2D eigenvalue weighted by atomic mass is 35.5. The van der Waals surface area contributed by atoms with E-state index in [-0.39, 0.29) is 6.03 Å². The predicted molar refractivity (Wildman–Crippen MR) is 83.7 cm³/mol. The van der Waals surface area contributed by atoms with E-state index in [2.05, 4.69) is 10.6 Å². The quantitative estimate of drug-likeness (QED) is 0.897. The molecule has 0 aliphatic carbocycles. The number of nitrogens with zero attached hydrogens (tertiary/aromatic N) is 1. The zero-order chi connectivity index (χ0) is 14.5. The van der Waals surface area contributed by atoms with Crippen molar-refractivity contribution >= 4 is 34.9 Å². The Morgan fingerprint density at radius 1 is 1.35 bits per heavy atom. The Hall–Kier alpha value is -0.970. The number of likely N-dealkylation sites (tertiary alicyclic amines) is 1. The molecule has 0 atom stereocenters. The summed E-state index contributed by atoms with van der Waals surface area (Å²) in [5.74, 6) is 0.652. The molecule has 0 unspecified atom stereocenters. The van der Waals surface area contributed by atoms with Gasteiger partial charge >= 0.3 is 6.03 Å². The van der Waals surface area contributed by atoms with Crippen LogP contribution in [-0.2, 0) is 0 Å². The second-order valence-electron chi connectivity index (χ2n) is 5.04. The van der Waals surface area contributed by atoms with Crippen LogP contribution in [0, 0.1) is 5.92 Å². The molecule has 2 N–H and O–H groups in total. The minimum Gasteiger partial charge on any atom is -0.325 e. The van der Waals surface area contributed by atoms with Crippen LogP contribution in [0.5, 0.6) is 0 Å². The lowest BCUT2D eigenvalue weighted by Crippen LogP contribution is -2.42. The smallest absolute Gasteiger partial charge is 0.321 e. The molecule has 1 aliphatic heterocycles. The van der Waals surface area contributed by atoms with E-state index in [0.717, 1.165) is 32.5 Å². The van der Waals surface area contributed by atoms with Crippen molar-refractivity contribution in [2.75, 3.05) is 32.0 Å². The number of carbonyl (C=O) groups excluding carboxylic acids is 1. The highest BCUT2D eigenvalue weighted by Crippen LogP contribution is 2.26. The fourth-order valence-electron chi connectivity index (χ4n) is 2.42. The number of benzene rings is 1. The van der Waals surface area contributed by atoms with Gasteiger partial charge in [0.25, 0.3) is 0 Å². The lowest BCUT2D eigenvalue weighted by atomic mass is 9.97. The number of halogens is 2. The van der Waals surface area contributed by atoms with Crippen LogP contribution in [0.3, 0.4) is 0 Å². The molecule has 4 nitrogen and oxygen atoms in total. The van der Waals surface area contributed by atoms with Gasteiger partial charge in [-0.15, -0.1) is 0 Å². The van der Waals surface area contributed by atoms with E-state index >= 15 is 0 Å². The van der Waals surface area contributed by atoms with Crippen LogP contribution in [0.4, 0.5) is 10.5 Å². The highest BCUT2D eigenvalue weighted by molar-refractivity contribution is 6.35. The van der Waals surface area contributed by atoms with Gasteiger partial charge in [0.15, 0.2) is 0 Å². The molecule has 0 aromatic heterocycles. The van der Waals surface area contributed by atoms with Crippen molar-refractivity contribution in [3.8, 4) is 0 Å². The largest absolute Gasteiger partial charge is 0.325 e. The number of hydrogen-bond acceptors (Lipinski definition) is 2. The topological polar surface area (TPSA) is 44.4 Å². The molecule has 1 aliphatic rings. The zero-order valence-corrected chi connectivity index (χ0v) is 13.0. The summed E-state index contributed by atoms with van der Waals surface area (Å²) >= 11 is 12.0. The van der Waals surface area contributed by atoms with Crippen LogP contribution in [0.1, 0.15) is 12.8 Å². The molecule has 0 bridgehead atoms. The van der Waals surface area contributed by atoms with E-state index in [4.69, 9.17) is 23.2 Å². The normalized spacial score (nSPS) is 16.2. The predicted octanol–water partition coefficient (Wildman–Crippen LogP) is 3.46. The first-order valence-electron chi connectivity index (χ1n) is 6.75. The lowest BCUT2D eigenvalue weighted by Gasteiger charge is -2.32.